The minimum absolute atomic E-state index is 0.204. The summed E-state index contributed by atoms with van der Waals surface area (Å²) in [6.45, 7) is 6.79. The summed E-state index contributed by atoms with van der Waals surface area (Å²) in [5.74, 6) is 0.327. The van der Waals surface area contributed by atoms with Crippen LogP contribution in [0.2, 0.25) is 0 Å². The quantitative estimate of drug-likeness (QED) is 0.770. The first kappa shape index (κ1) is 15.7. The molecule has 1 atom stereocenters. The van der Waals surface area contributed by atoms with E-state index >= 15 is 0 Å². The molecule has 0 aromatic heterocycles. The molecular formula is C16H25NO2. The number of carbonyl (C=O) groups is 1. The predicted octanol–water partition coefficient (Wildman–Crippen LogP) is 2.88. The zero-order chi connectivity index (χ0) is 14.3. The van der Waals surface area contributed by atoms with Crippen molar-refractivity contribution in [3.8, 4) is 0 Å². The molecule has 0 bridgehead atoms. The lowest BCUT2D eigenvalue weighted by atomic mass is 9.75. The lowest BCUT2D eigenvalue weighted by Gasteiger charge is -2.31. The molecule has 0 spiro atoms. The van der Waals surface area contributed by atoms with Crippen LogP contribution in [-0.2, 0) is 14.9 Å². The van der Waals surface area contributed by atoms with Gasteiger partial charge in [-0.1, -0.05) is 44.2 Å². The Morgan fingerprint density at radius 2 is 1.95 bits per heavy atom. The largest absolute Gasteiger partial charge is 0.465 e. The molecule has 1 aromatic rings. The average Bonchev–Trinajstić information content (AvgIpc) is 2.41. The fourth-order valence-corrected chi connectivity index (χ4v) is 2.23. The van der Waals surface area contributed by atoms with Crippen LogP contribution in [0, 0.1) is 5.92 Å². The van der Waals surface area contributed by atoms with E-state index in [4.69, 9.17) is 10.5 Å². The van der Waals surface area contributed by atoms with Gasteiger partial charge in [-0.05, 0) is 31.2 Å². The molecule has 1 unspecified atom stereocenters. The molecular weight excluding hydrogens is 238 g/mol. The maximum absolute atomic E-state index is 12.4. The number of nitrogens with two attached hydrogens (primary N) is 1. The summed E-state index contributed by atoms with van der Waals surface area (Å²) in [6.07, 6.45) is 1.68. The minimum Gasteiger partial charge on any atom is -0.465 e. The van der Waals surface area contributed by atoms with Crippen molar-refractivity contribution < 1.29 is 9.53 Å². The zero-order valence-corrected chi connectivity index (χ0v) is 12.2. The Balaban J connectivity index is 3.09. The number of hydrogen-bond acceptors (Lipinski definition) is 3. The fraction of sp³-hybridized carbons (Fsp3) is 0.562. The molecule has 0 saturated heterocycles. The van der Waals surface area contributed by atoms with E-state index in [1.807, 2.05) is 37.3 Å². The predicted molar refractivity (Wildman–Crippen MR) is 77.9 cm³/mol. The van der Waals surface area contributed by atoms with E-state index in [1.54, 1.807) is 0 Å². The van der Waals surface area contributed by atoms with E-state index in [0.29, 0.717) is 12.5 Å². The molecule has 0 saturated carbocycles. The minimum atomic E-state index is -0.707. The summed E-state index contributed by atoms with van der Waals surface area (Å²) >= 11 is 0. The lowest BCUT2D eigenvalue weighted by Crippen LogP contribution is -2.44. The summed E-state index contributed by atoms with van der Waals surface area (Å²) in [7, 11) is 0. The van der Waals surface area contributed by atoms with Gasteiger partial charge in [0.2, 0.25) is 0 Å². The molecule has 106 valence electrons. The van der Waals surface area contributed by atoms with Crippen molar-refractivity contribution in [2.24, 2.45) is 11.7 Å². The van der Waals surface area contributed by atoms with E-state index in [-0.39, 0.29) is 12.5 Å². The van der Waals surface area contributed by atoms with Gasteiger partial charge in [-0.25, -0.2) is 0 Å². The van der Waals surface area contributed by atoms with Crippen molar-refractivity contribution in [2.45, 2.75) is 39.0 Å². The van der Waals surface area contributed by atoms with E-state index in [2.05, 4.69) is 13.8 Å². The summed E-state index contributed by atoms with van der Waals surface area (Å²) in [6, 6.07) is 9.75. The van der Waals surface area contributed by atoms with Gasteiger partial charge < -0.3 is 10.5 Å². The molecule has 2 N–H and O–H groups in total. The first-order valence-corrected chi connectivity index (χ1v) is 6.99. The van der Waals surface area contributed by atoms with Gasteiger partial charge in [0.25, 0.3) is 0 Å². The third kappa shape index (κ3) is 3.80. The number of benzene rings is 1. The van der Waals surface area contributed by atoms with Crippen LogP contribution in [0.25, 0.3) is 0 Å². The van der Waals surface area contributed by atoms with Crippen LogP contribution in [-0.4, -0.2) is 19.1 Å². The fourth-order valence-electron chi connectivity index (χ4n) is 2.23. The van der Waals surface area contributed by atoms with Crippen LogP contribution in [0.4, 0.5) is 0 Å². The topological polar surface area (TPSA) is 52.3 Å². The highest BCUT2D eigenvalue weighted by molar-refractivity contribution is 5.83. The number of esters is 1. The van der Waals surface area contributed by atoms with Crippen molar-refractivity contribution >= 4 is 5.97 Å². The Labute approximate surface area is 116 Å². The molecule has 1 rings (SSSR count). The van der Waals surface area contributed by atoms with Crippen LogP contribution < -0.4 is 5.73 Å². The summed E-state index contributed by atoms with van der Waals surface area (Å²) in [5, 5.41) is 0. The van der Waals surface area contributed by atoms with Gasteiger partial charge in [-0.15, -0.1) is 0 Å². The van der Waals surface area contributed by atoms with Crippen molar-refractivity contribution in [1.29, 1.82) is 0 Å². The Kier molecular flexibility index (Phi) is 6.03. The van der Waals surface area contributed by atoms with Gasteiger partial charge in [-0.2, -0.15) is 0 Å². The SMILES string of the molecule is CCOC(=O)C(CN)(CCC(C)C)c1ccccc1. The Bertz CT molecular complexity index is 389. The van der Waals surface area contributed by atoms with E-state index < -0.39 is 5.41 Å². The second kappa shape index (κ2) is 7.29. The van der Waals surface area contributed by atoms with Crippen molar-refractivity contribution in [3.05, 3.63) is 35.9 Å². The average molecular weight is 263 g/mol. The van der Waals surface area contributed by atoms with E-state index in [9.17, 15) is 4.79 Å². The maximum Gasteiger partial charge on any atom is 0.317 e. The van der Waals surface area contributed by atoms with E-state index in [0.717, 1.165) is 18.4 Å². The molecule has 0 fully saturated rings. The molecule has 1 aromatic carbocycles. The zero-order valence-electron chi connectivity index (χ0n) is 12.2. The van der Waals surface area contributed by atoms with Gasteiger partial charge in [0, 0.05) is 6.54 Å². The standard InChI is InChI=1S/C16H25NO2/c1-4-19-15(18)16(12-17,11-10-13(2)3)14-8-6-5-7-9-14/h5-9,13H,4,10-12,17H2,1-3H3. The van der Waals surface area contributed by atoms with Crippen LogP contribution >= 0.6 is 0 Å². The van der Waals surface area contributed by atoms with Gasteiger partial charge in [0.15, 0.2) is 0 Å². The van der Waals surface area contributed by atoms with Crippen LogP contribution in [0.5, 0.6) is 0 Å². The summed E-state index contributed by atoms with van der Waals surface area (Å²) in [5.41, 5.74) is 6.20. The van der Waals surface area contributed by atoms with Crippen LogP contribution in [0.15, 0.2) is 30.3 Å². The van der Waals surface area contributed by atoms with Gasteiger partial charge in [0.1, 0.15) is 5.41 Å². The van der Waals surface area contributed by atoms with E-state index in [1.165, 1.54) is 0 Å². The molecule has 0 heterocycles. The maximum atomic E-state index is 12.4. The first-order valence-electron chi connectivity index (χ1n) is 6.99. The van der Waals surface area contributed by atoms with Crippen LogP contribution in [0.3, 0.4) is 0 Å². The monoisotopic (exact) mass is 263 g/mol. The van der Waals surface area contributed by atoms with Gasteiger partial charge >= 0.3 is 5.97 Å². The van der Waals surface area contributed by atoms with Crippen molar-refractivity contribution in [3.63, 3.8) is 0 Å². The molecule has 3 nitrogen and oxygen atoms in total. The number of ether oxygens (including phenoxy) is 1. The third-order valence-corrected chi connectivity index (χ3v) is 3.49. The highest BCUT2D eigenvalue weighted by Gasteiger charge is 2.40. The molecule has 19 heavy (non-hydrogen) atoms. The second-order valence-corrected chi connectivity index (χ2v) is 5.31. The molecule has 0 aliphatic rings. The lowest BCUT2D eigenvalue weighted by molar-refractivity contribution is -0.150. The summed E-state index contributed by atoms with van der Waals surface area (Å²) < 4.78 is 5.27. The second-order valence-electron chi connectivity index (χ2n) is 5.31. The summed E-state index contributed by atoms with van der Waals surface area (Å²) in [4.78, 5) is 12.4. The third-order valence-electron chi connectivity index (χ3n) is 3.49. The smallest absolute Gasteiger partial charge is 0.317 e. The molecule has 0 amide bonds. The van der Waals surface area contributed by atoms with Crippen molar-refractivity contribution in [1.82, 2.24) is 0 Å². The van der Waals surface area contributed by atoms with Gasteiger partial charge in [-0.3, -0.25) is 4.79 Å². The van der Waals surface area contributed by atoms with Crippen LogP contribution in [0.1, 0.15) is 39.2 Å². The first-order chi connectivity index (χ1) is 9.06. The molecule has 0 aliphatic carbocycles. The number of carbonyl (C=O) groups excluding carboxylic acids is 1. The Hall–Kier alpha value is -1.35. The molecule has 0 radical (unpaired) electrons. The highest BCUT2D eigenvalue weighted by atomic mass is 16.5. The Morgan fingerprint density at radius 1 is 1.32 bits per heavy atom. The van der Waals surface area contributed by atoms with Crippen molar-refractivity contribution in [2.75, 3.05) is 13.2 Å². The normalized spacial score (nSPS) is 14.2. The highest BCUT2D eigenvalue weighted by Crippen LogP contribution is 2.31. The number of rotatable bonds is 7. The Morgan fingerprint density at radius 3 is 2.42 bits per heavy atom. The number of hydrogen-bond donors (Lipinski definition) is 1. The molecule has 3 heteroatoms. The molecule has 0 aliphatic heterocycles. The van der Waals surface area contributed by atoms with Gasteiger partial charge in [0.05, 0.1) is 6.61 Å².